The number of carbonyl (C=O) groups is 3. The van der Waals surface area contributed by atoms with Crippen LogP contribution in [0.5, 0.6) is 0 Å². The minimum absolute atomic E-state index is 0.103. The van der Waals surface area contributed by atoms with Crippen molar-refractivity contribution in [3.8, 4) is 0 Å². The molecular weight excluding hydrogens is 428 g/mol. The van der Waals surface area contributed by atoms with Crippen molar-refractivity contribution in [1.82, 2.24) is 20.0 Å². The maximum Gasteiger partial charge on any atom is 0.410 e. The summed E-state index contributed by atoms with van der Waals surface area (Å²) in [5.74, 6) is 0.0754. The Bertz CT molecular complexity index is 900. The van der Waals surface area contributed by atoms with Gasteiger partial charge in [0.2, 0.25) is 11.8 Å². The van der Waals surface area contributed by atoms with Gasteiger partial charge in [-0.25, -0.2) is 14.8 Å². The van der Waals surface area contributed by atoms with Crippen LogP contribution in [0.4, 0.5) is 4.79 Å². The molecule has 1 saturated carbocycles. The lowest BCUT2D eigenvalue weighted by atomic mass is 9.90. The first kappa shape index (κ1) is 21.8. The van der Waals surface area contributed by atoms with Gasteiger partial charge in [0.05, 0.1) is 19.1 Å². The fourth-order valence-corrected chi connectivity index (χ4v) is 5.96. The molecule has 4 atom stereocenters. The van der Waals surface area contributed by atoms with Crippen molar-refractivity contribution in [3.05, 3.63) is 0 Å². The third-order valence-electron chi connectivity index (χ3n) is 7.66. The molecule has 3 fully saturated rings. The maximum absolute atomic E-state index is 12.9. The lowest BCUT2D eigenvalue weighted by molar-refractivity contribution is -0.138. The highest BCUT2D eigenvalue weighted by Gasteiger charge is 2.61. The zero-order valence-corrected chi connectivity index (χ0v) is 18.9. The summed E-state index contributed by atoms with van der Waals surface area (Å²) in [7, 11) is 1.80. The van der Waals surface area contributed by atoms with Crippen LogP contribution in [0.2, 0.25) is 0 Å². The van der Waals surface area contributed by atoms with E-state index < -0.39 is 23.9 Å². The number of rotatable bonds is 4. The van der Waals surface area contributed by atoms with Crippen molar-refractivity contribution in [1.29, 1.82) is 0 Å². The molecule has 12 heteroatoms. The van der Waals surface area contributed by atoms with E-state index in [-0.39, 0.29) is 55.3 Å². The topological polar surface area (TPSA) is 159 Å². The average molecular weight is 461 g/mol. The largest absolute Gasteiger partial charge is 0.444 e. The molecule has 180 valence electrons. The molecule has 5 N–H and O–H groups in total. The van der Waals surface area contributed by atoms with Crippen molar-refractivity contribution in [2.45, 2.75) is 81.3 Å². The Balaban J connectivity index is 1.32. The fraction of sp³-hybridized carbons (Fsp3) is 0.762. The number of guanidine groups is 2. The van der Waals surface area contributed by atoms with E-state index in [1.54, 1.807) is 11.9 Å². The van der Waals surface area contributed by atoms with Crippen LogP contribution in [0.3, 0.4) is 0 Å². The highest BCUT2D eigenvalue weighted by molar-refractivity contribution is 6.02. The Labute approximate surface area is 192 Å². The smallest absolute Gasteiger partial charge is 0.410 e. The summed E-state index contributed by atoms with van der Waals surface area (Å²) >= 11 is 0. The summed E-state index contributed by atoms with van der Waals surface area (Å²) in [4.78, 5) is 51.1. The Morgan fingerprint density at radius 3 is 2.58 bits per heavy atom. The van der Waals surface area contributed by atoms with Gasteiger partial charge in [-0.15, -0.1) is 0 Å². The number of carbonyl (C=O) groups excluding carboxylic acids is 3. The molecule has 5 rings (SSSR count). The second-order valence-corrected chi connectivity index (χ2v) is 9.68. The standard InChI is InChI=1S/C21H32N8O4/c1-27(12-5-3-2-4-6-12)20(32)33-13-9-21-17(25-18(22)26-21)14(24-19(23)29(21)10-13)11-28-15(30)7-8-16(28)31/h12-14,17H,2-11H2,1H3,(H2,23,24)(H3,22,25,26)/t13-,14?,17?,21?/m1/s1. The number of aliphatic imine (C=N–C) groups is 2. The molecule has 0 radical (unpaired) electrons. The highest BCUT2D eigenvalue weighted by Crippen LogP contribution is 2.41. The van der Waals surface area contributed by atoms with Crippen LogP contribution >= 0.6 is 0 Å². The first-order valence-corrected chi connectivity index (χ1v) is 11.8. The van der Waals surface area contributed by atoms with Crippen LogP contribution in [0.15, 0.2) is 9.98 Å². The Kier molecular flexibility index (Phi) is 5.32. The van der Waals surface area contributed by atoms with Crippen LogP contribution in [0, 0.1) is 0 Å². The molecule has 0 bridgehead atoms. The van der Waals surface area contributed by atoms with Gasteiger partial charge in [0.25, 0.3) is 0 Å². The Morgan fingerprint density at radius 2 is 1.88 bits per heavy atom. The van der Waals surface area contributed by atoms with Gasteiger partial charge in [-0.2, -0.15) is 0 Å². The van der Waals surface area contributed by atoms with Gasteiger partial charge in [-0.1, -0.05) is 19.3 Å². The van der Waals surface area contributed by atoms with Crippen molar-refractivity contribution in [3.63, 3.8) is 0 Å². The first-order valence-electron chi connectivity index (χ1n) is 11.8. The third kappa shape index (κ3) is 3.65. The minimum Gasteiger partial charge on any atom is -0.444 e. The Morgan fingerprint density at radius 1 is 1.18 bits per heavy atom. The monoisotopic (exact) mass is 460 g/mol. The van der Waals surface area contributed by atoms with E-state index >= 15 is 0 Å². The number of amides is 3. The zero-order chi connectivity index (χ0) is 23.3. The molecular formula is C21H32N8O4. The van der Waals surface area contributed by atoms with Crippen molar-refractivity contribution < 1.29 is 19.1 Å². The summed E-state index contributed by atoms with van der Waals surface area (Å²) < 4.78 is 5.89. The average Bonchev–Trinajstić information content (AvgIpc) is 3.43. The van der Waals surface area contributed by atoms with Gasteiger partial charge in [0.1, 0.15) is 17.8 Å². The number of nitrogens with two attached hydrogens (primary N) is 2. The van der Waals surface area contributed by atoms with E-state index in [0.29, 0.717) is 13.0 Å². The highest BCUT2D eigenvalue weighted by atomic mass is 16.6. The van der Waals surface area contributed by atoms with Crippen LogP contribution in [-0.2, 0) is 14.3 Å². The number of ether oxygens (including phenoxy) is 1. The summed E-state index contributed by atoms with van der Waals surface area (Å²) in [6.45, 7) is 0.464. The van der Waals surface area contributed by atoms with E-state index in [0.717, 1.165) is 25.7 Å². The number of likely N-dealkylation sites (tertiary alicyclic amines) is 1. The lowest BCUT2D eigenvalue weighted by Crippen LogP contribution is -2.69. The van der Waals surface area contributed by atoms with Crippen molar-refractivity contribution >= 4 is 29.8 Å². The van der Waals surface area contributed by atoms with Crippen LogP contribution in [0.1, 0.15) is 51.4 Å². The molecule has 0 aromatic rings. The van der Waals surface area contributed by atoms with E-state index in [9.17, 15) is 14.4 Å². The molecule has 3 unspecified atom stereocenters. The van der Waals surface area contributed by atoms with Crippen LogP contribution < -0.4 is 16.8 Å². The summed E-state index contributed by atoms with van der Waals surface area (Å²) in [5, 5.41) is 3.23. The summed E-state index contributed by atoms with van der Waals surface area (Å²) in [5.41, 5.74) is 11.6. The molecule has 0 aromatic heterocycles. The first-order chi connectivity index (χ1) is 15.8. The summed E-state index contributed by atoms with van der Waals surface area (Å²) in [6, 6.07) is -0.790. The van der Waals surface area contributed by atoms with Crippen LogP contribution in [0.25, 0.3) is 0 Å². The molecule has 33 heavy (non-hydrogen) atoms. The van der Waals surface area contributed by atoms with Gasteiger partial charge >= 0.3 is 6.09 Å². The predicted octanol–water partition coefficient (Wildman–Crippen LogP) is -0.709. The number of hydrogen-bond acceptors (Lipinski definition) is 10. The minimum atomic E-state index is -0.805. The quantitative estimate of drug-likeness (QED) is 0.464. The van der Waals surface area contributed by atoms with Gasteiger partial charge < -0.3 is 31.3 Å². The van der Waals surface area contributed by atoms with Gasteiger partial charge in [-0.05, 0) is 12.8 Å². The molecule has 3 amide bonds. The van der Waals surface area contributed by atoms with E-state index in [2.05, 4.69) is 15.3 Å². The van der Waals surface area contributed by atoms with Gasteiger partial charge in [0.15, 0.2) is 11.9 Å². The molecule has 0 aromatic carbocycles. The molecule has 1 aliphatic carbocycles. The normalized spacial score (nSPS) is 33.9. The predicted molar refractivity (Wildman–Crippen MR) is 119 cm³/mol. The number of hydrogen-bond donors (Lipinski definition) is 3. The van der Waals surface area contributed by atoms with Crippen molar-refractivity contribution in [2.75, 3.05) is 20.1 Å². The number of nitrogens with zero attached hydrogens (tertiary/aromatic N) is 5. The molecule has 4 aliphatic heterocycles. The van der Waals surface area contributed by atoms with E-state index in [1.165, 1.54) is 11.3 Å². The Hall–Kier alpha value is -3.05. The third-order valence-corrected chi connectivity index (χ3v) is 7.66. The van der Waals surface area contributed by atoms with Gasteiger partial charge in [0, 0.05) is 32.4 Å². The van der Waals surface area contributed by atoms with Crippen molar-refractivity contribution in [2.24, 2.45) is 21.5 Å². The molecule has 4 heterocycles. The van der Waals surface area contributed by atoms with Crippen LogP contribution in [-0.4, -0.2) is 94.6 Å². The molecule has 5 aliphatic rings. The SMILES string of the molecule is CN(C(=O)O[C@H]1CN2C(N)=NC(CN3C(=O)CCC3=O)C3N=C(N)NC32C1)C1CCCCC1. The second-order valence-electron chi connectivity index (χ2n) is 9.68. The maximum atomic E-state index is 12.9. The zero-order valence-electron chi connectivity index (χ0n) is 18.9. The number of nitrogens with one attached hydrogen (secondary N) is 1. The number of imide groups is 1. The van der Waals surface area contributed by atoms with Gasteiger partial charge in [-0.3, -0.25) is 14.5 Å². The fourth-order valence-electron chi connectivity index (χ4n) is 5.96. The lowest BCUT2D eigenvalue weighted by Gasteiger charge is -2.45. The molecule has 1 spiro atoms. The van der Waals surface area contributed by atoms with E-state index in [4.69, 9.17) is 16.2 Å². The van der Waals surface area contributed by atoms with E-state index in [1.807, 2.05) is 4.90 Å². The second kappa shape index (κ2) is 8.07. The molecule has 2 saturated heterocycles. The summed E-state index contributed by atoms with van der Waals surface area (Å²) in [6.07, 6.45) is 5.52. The molecule has 12 nitrogen and oxygen atoms in total.